The molecule has 22 heavy (non-hydrogen) atoms. The predicted molar refractivity (Wildman–Crippen MR) is 89.9 cm³/mol. The fraction of sp³-hybridized carbons (Fsp3) is 0.211. The van der Waals surface area contributed by atoms with E-state index in [-0.39, 0.29) is 5.75 Å². The molecule has 0 amide bonds. The van der Waals surface area contributed by atoms with Gasteiger partial charge in [-0.1, -0.05) is 53.6 Å². The molecule has 1 aromatic heterocycles. The maximum atomic E-state index is 10.7. The van der Waals surface area contributed by atoms with E-state index < -0.39 is 0 Å². The topological polar surface area (TPSA) is 38.0 Å². The molecule has 2 aromatic carbocycles. The summed E-state index contributed by atoms with van der Waals surface area (Å²) in [4.78, 5) is 0. The fourth-order valence-corrected chi connectivity index (χ4v) is 2.67. The summed E-state index contributed by atoms with van der Waals surface area (Å²) in [5.74, 6) is 0.247. The van der Waals surface area contributed by atoms with Crippen LogP contribution in [0.2, 0.25) is 0 Å². The Hall–Kier alpha value is -2.55. The van der Waals surface area contributed by atoms with Crippen molar-refractivity contribution in [1.29, 1.82) is 0 Å². The molecule has 0 aliphatic heterocycles. The lowest BCUT2D eigenvalue weighted by Gasteiger charge is -2.06. The molecule has 1 N–H and O–H groups in total. The second-order valence-electron chi connectivity index (χ2n) is 5.60. The zero-order chi connectivity index (χ0) is 15.7. The van der Waals surface area contributed by atoms with Gasteiger partial charge >= 0.3 is 0 Å². The van der Waals surface area contributed by atoms with E-state index in [9.17, 15) is 5.11 Å². The van der Waals surface area contributed by atoms with Gasteiger partial charge in [-0.15, -0.1) is 0 Å². The van der Waals surface area contributed by atoms with Crippen LogP contribution < -0.4 is 0 Å². The average molecular weight is 292 g/mol. The monoisotopic (exact) mass is 292 g/mol. The Morgan fingerprint density at radius 2 is 1.68 bits per heavy atom. The number of benzene rings is 2. The molecule has 0 radical (unpaired) electrons. The molecule has 0 unspecified atom stereocenters. The number of nitrogens with zero attached hydrogens (tertiary/aromatic N) is 2. The Morgan fingerprint density at radius 1 is 0.955 bits per heavy atom. The zero-order valence-electron chi connectivity index (χ0n) is 13.2. The van der Waals surface area contributed by atoms with Crippen LogP contribution >= 0.6 is 0 Å². The highest BCUT2D eigenvalue weighted by molar-refractivity contribution is 5.78. The number of aryl methyl sites for hydroxylation is 3. The Balaban J connectivity index is 2.17. The van der Waals surface area contributed by atoms with E-state index in [0.717, 1.165) is 22.4 Å². The Labute approximate surface area is 130 Å². The Kier molecular flexibility index (Phi) is 3.72. The Morgan fingerprint density at radius 3 is 2.32 bits per heavy atom. The first-order chi connectivity index (χ1) is 10.6. The summed E-state index contributed by atoms with van der Waals surface area (Å²) in [5.41, 5.74) is 5.70. The molecular weight excluding hydrogens is 272 g/mol. The summed E-state index contributed by atoms with van der Waals surface area (Å²) in [6, 6.07) is 16.2. The molecular formula is C19H20N2O. The minimum Gasteiger partial charge on any atom is -0.504 e. The normalized spacial score (nSPS) is 10.9. The van der Waals surface area contributed by atoms with Gasteiger partial charge in [0.2, 0.25) is 0 Å². The van der Waals surface area contributed by atoms with E-state index in [1.54, 1.807) is 0 Å². The van der Waals surface area contributed by atoms with Crippen molar-refractivity contribution in [2.75, 3.05) is 0 Å². The first kappa shape index (κ1) is 14.4. The summed E-state index contributed by atoms with van der Waals surface area (Å²) in [5, 5.41) is 15.3. The fourth-order valence-electron chi connectivity index (χ4n) is 2.67. The van der Waals surface area contributed by atoms with Gasteiger partial charge in [0.25, 0.3) is 0 Å². The van der Waals surface area contributed by atoms with Gasteiger partial charge in [-0.05, 0) is 26.8 Å². The standard InChI is InChI=1S/C19H20N2O/c1-4-21-18(16-7-5-6-14(3)12-16)19(22)17(20-21)15-10-8-13(2)9-11-15/h5-12,22H,4H2,1-3H3. The first-order valence-electron chi connectivity index (χ1n) is 7.54. The van der Waals surface area contributed by atoms with E-state index >= 15 is 0 Å². The molecule has 3 aromatic rings. The van der Waals surface area contributed by atoms with E-state index in [1.165, 1.54) is 5.56 Å². The summed E-state index contributed by atoms with van der Waals surface area (Å²) in [6.07, 6.45) is 0. The highest BCUT2D eigenvalue weighted by Gasteiger charge is 2.19. The van der Waals surface area contributed by atoms with Crippen molar-refractivity contribution in [1.82, 2.24) is 9.78 Å². The van der Waals surface area contributed by atoms with Gasteiger partial charge in [0.05, 0.1) is 0 Å². The number of rotatable bonds is 3. The zero-order valence-corrected chi connectivity index (χ0v) is 13.2. The van der Waals surface area contributed by atoms with Crippen molar-refractivity contribution in [2.45, 2.75) is 27.3 Å². The van der Waals surface area contributed by atoms with Crippen molar-refractivity contribution in [3.63, 3.8) is 0 Å². The molecule has 3 nitrogen and oxygen atoms in total. The number of hydrogen-bond acceptors (Lipinski definition) is 2. The minimum atomic E-state index is 0.247. The third-order valence-corrected chi connectivity index (χ3v) is 3.84. The molecule has 0 aliphatic carbocycles. The van der Waals surface area contributed by atoms with Crippen LogP contribution in [0.1, 0.15) is 18.1 Å². The highest BCUT2D eigenvalue weighted by atomic mass is 16.3. The quantitative estimate of drug-likeness (QED) is 0.768. The molecule has 0 bridgehead atoms. The lowest BCUT2D eigenvalue weighted by Crippen LogP contribution is -1.99. The molecule has 0 saturated carbocycles. The van der Waals surface area contributed by atoms with E-state index in [0.29, 0.717) is 12.2 Å². The summed E-state index contributed by atoms with van der Waals surface area (Å²) >= 11 is 0. The molecule has 0 atom stereocenters. The largest absolute Gasteiger partial charge is 0.504 e. The van der Waals surface area contributed by atoms with E-state index in [4.69, 9.17) is 0 Å². The first-order valence-corrected chi connectivity index (χ1v) is 7.54. The SMILES string of the molecule is CCn1nc(-c2ccc(C)cc2)c(O)c1-c1cccc(C)c1. The van der Waals surface area contributed by atoms with Crippen LogP contribution in [0.4, 0.5) is 0 Å². The number of aromatic hydroxyl groups is 1. The average Bonchev–Trinajstić information content (AvgIpc) is 2.85. The van der Waals surface area contributed by atoms with Gasteiger partial charge in [-0.25, -0.2) is 0 Å². The summed E-state index contributed by atoms with van der Waals surface area (Å²) in [7, 11) is 0. The van der Waals surface area contributed by atoms with Crippen LogP contribution in [0.5, 0.6) is 5.75 Å². The molecule has 0 fully saturated rings. The van der Waals surface area contributed by atoms with E-state index in [1.807, 2.05) is 67.9 Å². The predicted octanol–water partition coefficient (Wildman–Crippen LogP) is 4.56. The number of hydrogen-bond donors (Lipinski definition) is 1. The summed E-state index contributed by atoms with van der Waals surface area (Å²) in [6.45, 7) is 6.84. The van der Waals surface area contributed by atoms with Crippen LogP contribution in [-0.2, 0) is 6.54 Å². The van der Waals surface area contributed by atoms with Crippen LogP contribution in [0, 0.1) is 13.8 Å². The smallest absolute Gasteiger partial charge is 0.169 e. The second kappa shape index (κ2) is 5.68. The van der Waals surface area contributed by atoms with Crippen LogP contribution in [0.25, 0.3) is 22.5 Å². The summed E-state index contributed by atoms with van der Waals surface area (Å²) < 4.78 is 1.86. The molecule has 0 saturated heterocycles. The van der Waals surface area contributed by atoms with Gasteiger partial charge < -0.3 is 5.11 Å². The maximum Gasteiger partial charge on any atom is 0.169 e. The van der Waals surface area contributed by atoms with Gasteiger partial charge in [0.1, 0.15) is 11.4 Å². The van der Waals surface area contributed by atoms with Gasteiger partial charge in [0, 0.05) is 17.7 Å². The van der Waals surface area contributed by atoms with Crippen molar-refractivity contribution >= 4 is 0 Å². The van der Waals surface area contributed by atoms with Gasteiger partial charge in [-0.2, -0.15) is 5.10 Å². The van der Waals surface area contributed by atoms with Crippen molar-refractivity contribution in [3.8, 4) is 28.3 Å². The maximum absolute atomic E-state index is 10.7. The van der Waals surface area contributed by atoms with Gasteiger partial charge in [0.15, 0.2) is 5.75 Å². The molecule has 3 heteroatoms. The molecule has 3 rings (SSSR count). The van der Waals surface area contributed by atoms with Crippen LogP contribution in [0.15, 0.2) is 48.5 Å². The molecule has 0 aliphatic rings. The van der Waals surface area contributed by atoms with Crippen molar-refractivity contribution < 1.29 is 5.11 Å². The van der Waals surface area contributed by atoms with Crippen LogP contribution in [-0.4, -0.2) is 14.9 Å². The Bertz CT molecular complexity index is 801. The molecule has 112 valence electrons. The third-order valence-electron chi connectivity index (χ3n) is 3.84. The van der Waals surface area contributed by atoms with Crippen molar-refractivity contribution in [2.24, 2.45) is 0 Å². The molecule has 1 heterocycles. The third kappa shape index (κ3) is 2.50. The van der Waals surface area contributed by atoms with Crippen LogP contribution in [0.3, 0.4) is 0 Å². The highest BCUT2D eigenvalue weighted by Crippen LogP contribution is 2.38. The van der Waals surface area contributed by atoms with Gasteiger partial charge in [-0.3, -0.25) is 4.68 Å². The lowest BCUT2D eigenvalue weighted by atomic mass is 10.0. The van der Waals surface area contributed by atoms with Crippen molar-refractivity contribution in [3.05, 3.63) is 59.7 Å². The number of aromatic nitrogens is 2. The van der Waals surface area contributed by atoms with E-state index in [2.05, 4.69) is 11.2 Å². The lowest BCUT2D eigenvalue weighted by molar-refractivity contribution is 0.478. The molecule has 0 spiro atoms. The second-order valence-corrected chi connectivity index (χ2v) is 5.60. The minimum absolute atomic E-state index is 0.247.